The fourth-order valence-electron chi connectivity index (χ4n) is 1.79. The molecule has 5 heteroatoms. The largest absolute Gasteiger partial charge is 0.444 e. The number of alkyl carbamates (subject to hydrolysis) is 1. The Kier molecular flexibility index (Phi) is 6.86. The van der Waals surface area contributed by atoms with Gasteiger partial charge < -0.3 is 15.4 Å². The maximum atomic E-state index is 11.3. The molecule has 1 saturated heterocycles. The molecule has 1 aliphatic heterocycles. The van der Waals surface area contributed by atoms with E-state index in [4.69, 9.17) is 4.74 Å². The van der Waals surface area contributed by atoms with E-state index in [-0.39, 0.29) is 6.09 Å². The molecule has 0 spiro atoms. The van der Waals surface area contributed by atoms with Crippen molar-refractivity contribution < 1.29 is 9.53 Å². The first-order valence-corrected chi connectivity index (χ1v) is 7.81. The topological polar surface area (TPSA) is 50.4 Å². The highest BCUT2D eigenvalue weighted by molar-refractivity contribution is 8.00. The summed E-state index contributed by atoms with van der Waals surface area (Å²) < 4.78 is 5.15. The smallest absolute Gasteiger partial charge is 0.407 e. The summed E-state index contributed by atoms with van der Waals surface area (Å²) in [5, 5.41) is 6.99. The van der Waals surface area contributed by atoms with Crippen molar-refractivity contribution in [1.29, 1.82) is 0 Å². The fraction of sp³-hybridized carbons (Fsp3) is 0.923. The van der Waals surface area contributed by atoms with Crippen LogP contribution in [0.5, 0.6) is 0 Å². The van der Waals surface area contributed by atoms with Crippen molar-refractivity contribution in [1.82, 2.24) is 10.6 Å². The van der Waals surface area contributed by atoms with Gasteiger partial charge in [-0.05, 0) is 52.3 Å². The number of hydrogen-bond acceptors (Lipinski definition) is 4. The van der Waals surface area contributed by atoms with Crippen LogP contribution in [0.2, 0.25) is 0 Å². The van der Waals surface area contributed by atoms with Gasteiger partial charge in [-0.25, -0.2) is 4.79 Å². The zero-order chi connectivity index (χ0) is 13.4. The molecular formula is C13H26N2O2S. The minimum Gasteiger partial charge on any atom is -0.444 e. The summed E-state index contributed by atoms with van der Waals surface area (Å²) in [6.07, 6.45) is 3.32. The molecule has 0 bridgehead atoms. The molecule has 1 amide bonds. The van der Waals surface area contributed by atoms with Crippen LogP contribution in [0.1, 0.15) is 40.0 Å². The molecular weight excluding hydrogens is 248 g/mol. The van der Waals surface area contributed by atoms with Crippen molar-refractivity contribution in [3.8, 4) is 0 Å². The van der Waals surface area contributed by atoms with Crippen LogP contribution in [0.15, 0.2) is 0 Å². The van der Waals surface area contributed by atoms with Crippen molar-refractivity contribution in [2.75, 3.05) is 25.4 Å². The first-order valence-electron chi connectivity index (χ1n) is 6.76. The molecule has 1 unspecified atom stereocenters. The Hall–Kier alpha value is -0.420. The summed E-state index contributed by atoms with van der Waals surface area (Å²) in [4.78, 5) is 11.3. The molecule has 1 heterocycles. The van der Waals surface area contributed by atoms with Crippen LogP contribution in [0.4, 0.5) is 4.79 Å². The number of amides is 1. The Balaban J connectivity index is 1.90. The number of rotatable bonds is 6. The van der Waals surface area contributed by atoms with E-state index in [2.05, 4.69) is 22.4 Å². The minimum atomic E-state index is -0.415. The minimum absolute atomic E-state index is 0.325. The highest BCUT2D eigenvalue weighted by Gasteiger charge is 2.16. The summed E-state index contributed by atoms with van der Waals surface area (Å²) in [6.45, 7) is 8.32. The van der Waals surface area contributed by atoms with Crippen LogP contribution in [0, 0.1) is 0 Å². The lowest BCUT2D eigenvalue weighted by Gasteiger charge is -2.19. The summed E-state index contributed by atoms with van der Waals surface area (Å²) in [5.74, 6) is 1.31. The van der Waals surface area contributed by atoms with Gasteiger partial charge in [-0.15, -0.1) is 0 Å². The lowest BCUT2D eigenvalue weighted by Crippen LogP contribution is -2.34. The van der Waals surface area contributed by atoms with Gasteiger partial charge in [0.25, 0.3) is 0 Å². The molecule has 4 nitrogen and oxygen atoms in total. The van der Waals surface area contributed by atoms with Gasteiger partial charge in [-0.3, -0.25) is 0 Å². The maximum absolute atomic E-state index is 11.3. The van der Waals surface area contributed by atoms with Crippen LogP contribution < -0.4 is 10.6 Å². The second-order valence-corrected chi connectivity index (χ2v) is 7.03. The Morgan fingerprint density at radius 2 is 2.17 bits per heavy atom. The van der Waals surface area contributed by atoms with Crippen LogP contribution in [0.25, 0.3) is 0 Å². The third-order valence-electron chi connectivity index (χ3n) is 2.59. The van der Waals surface area contributed by atoms with Crippen molar-refractivity contribution in [3.63, 3.8) is 0 Å². The van der Waals surface area contributed by atoms with Crippen LogP contribution in [-0.4, -0.2) is 42.3 Å². The summed E-state index contributed by atoms with van der Waals surface area (Å²) in [6, 6.07) is 0. The zero-order valence-corrected chi connectivity index (χ0v) is 12.6. The molecule has 0 radical (unpaired) electrons. The van der Waals surface area contributed by atoms with Gasteiger partial charge in [0.05, 0.1) is 0 Å². The SMILES string of the molecule is CC(C)(C)OC(=O)NCCCNCC1CCCS1. The van der Waals surface area contributed by atoms with Crippen molar-refractivity contribution >= 4 is 17.9 Å². The first kappa shape index (κ1) is 15.6. The monoisotopic (exact) mass is 274 g/mol. The molecule has 2 N–H and O–H groups in total. The Bertz CT molecular complexity index is 248. The maximum Gasteiger partial charge on any atom is 0.407 e. The van der Waals surface area contributed by atoms with Crippen molar-refractivity contribution in [3.05, 3.63) is 0 Å². The predicted molar refractivity (Wildman–Crippen MR) is 77.2 cm³/mol. The molecule has 0 aromatic rings. The molecule has 1 fully saturated rings. The average molecular weight is 274 g/mol. The van der Waals surface area contributed by atoms with Gasteiger partial charge in [0.1, 0.15) is 5.60 Å². The third kappa shape index (κ3) is 7.82. The molecule has 0 saturated carbocycles. The lowest BCUT2D eigenvalue weighted by molar-refractivity contribution is 0.0527. The van der Waals surface area contributed by atoms with Gasteiger partial charge in [0.2, 0.25) is 0 Å². The molecule has 106 valence electrons. The Morgan fingerprint density at radius 3 is 2.78 bits per heavy atom. The van der Waals surface area contributed by atoms with Gasteiger partial charge in [-0.1, -0.05) is 0 Å². The highest BCUT2D eigenvalue weighted by atomic mass is 32.2. The summed E-state index contributed by atoms with van der Waals surface area (Å²) >= 11 is 2.07. The highest BCUT2D eigenvalue weighted by Crippen LogP contribution is 2.25. The molecule has 0 aromatic heterocycles. The van der Waals surface area contributed by atoms with E-state index in [1.54, 1.807) is 0 Å². The third-order valence-corrected chi connectivity index (χ3v) is 3.99. The molecule has 1 atom stereocenters. The van der Waals surface area contributed by atoms with E-state index in [0.717, 1.165) is 24.8 Å². The lowest BCUT2D eigenvalue weighted by atomic mass is 10.2. The molecule has 0 aromatic carbocycles. The molecule has 0 aliphatic carbocycles. The Morgan fingerprint density at radius 1 is 1.39 bits per heavy atom. The number of carbonyl (C=O) groups is 1. The van der Waals surface area contributed by atoms with E-state index >= 15 is 0 Å². The second kappa shape index (κ2) is 7.89. The van der Waals surface area contributed by atoms with Gasteiger partial charge in [-0.2, -0.15) is 11.8 Å². The number of hydrogen-bond donors (Lipinski definition) is 2. The summed E-state index contributed by atoms with van der Waals surface area (Å²) in [5.41, 5.74) is -0.415. The molecule has 1 rings (SSSR count). The van der Waals surface area contributed by atoms with E-state index in [1.807, 2.05) is 20.8 Å². The number of thioether (sulfide) groups is 1. The normalized spacial score (nSPS) is 19.8. The van der Waals surface area contributed by atoms with E-state index in [9.17, 15) is 4.79 Å². The average Bonchev–Trinajstić information content (AvgIpc) is 2.73. The van der Waals surface area contributed by atoms with Crippen LogP contribution in [0.3, 0.4) is 0 Å². The van der Waals surface area contributed by atoms with E-state index in [0.29, 0.717) is 6.54 Å². The number of ether oxygens (including phenoxy) is 1. The standard InChI is InChI=1S/C13H26N2O2S/c1-13(2,3)17-12(16)15-8-5-7-14-10-11-6-4-9-18-11/h11,14H,4-10H2,1-3H3,(H,15,16). The van der Waals surface area contributed by atoms with E-state index < -0.39 is 5.60 Å². The molecule has 1 aliphatic rings. The van der Waals surface area contributed by atoms with Gasteiger partial charge in [0.15, 0.2) is 0 Å². The van der Waals surface area contributed by atoms with Crippen molar-refractivity contribution in [2.45, 2.75) is 50.9 Å². The second-order valence-electron chi connectivity index (χ2n) is 5.62. The van der Waals surface area contributed by atoms with E-state index in [1.165, 1.54) is 18.6 Å². The van der Waals surface area contributed by atoms with Crippen molar-refractivity contribution in [2.24, 2.45) is 0 Å². The fourth-order valence-corrected chi connectivity index (χ4v) is 3.02. The van der Waals surface area contributed by atoms with Crippen LogP contribution in [-0.2, 0) is 4.74 Å². The summed E-state index contributed by atoms with van der Waals surface area (Å²) in [7, 11) is 0. The Labute approximate surface area is 115 Å². The van der Waals surface area contributed by atoms with Gasteiger partial charge >= 0.3 is 6.09 Å². The van der Waals surface area contributed by atoms with Crippen LogP contribution >= 0.6 is 11.8 Å². The quantitative estimate of drug-likeness (QED) is 0.730. The first-order chi connectivity index (χ1) is 8.47. The molecule has 18 heavy (non-hydrogen) atoms. The zero-order valence-electron chi connectivity index (χ0n) is 11.8. The number of carbonyl (C=O) groups excluding carboxylic acids is 1. The number of nitrogens with one attached hydrogen (secondary N) is 2. The predicted octanol–water partition coefficient (Wildman–Crippen LogP) is 2.39. The van der Waals surface area contributed by atoms with Gasteiger partial charge in [0, 0.05) is 18.3 Å².